The number of hydrogen-bond donors (Lipinski definition) is 3. The number of benzene rings is 2. The average Bonchev–Trinajstić information content (AvgIpc) is 3.05. The monoisotopic (exact) mass is 511 g/mol. The minimum Gasteiger partial charge on any atom is -0.444 e. The van der Waals surface area contributed by atoms with Crippen LogP contribution in [0.5, 0.6) is 0 Å². The van der Waals surface area contributed by atoms with Gasteiger partial charge in [0.05, 0.1) is 16.1 Å². The molecule has 194 valence electrons. The lowest BCUT2D eigenvalue weighted by atomic mass is 10.1. The smallest absolute Gasteiger partial charge is 0.408 e. The van der Waals surface area contributed by atoms with E-state index in [2.05, 4.69) is 16.0 Å². The van der Waals surface area contributed by atoms with Crippen LogP contribution < -0.4 is 16.0 Å². The molecule has 13 heteroatoms. The molecule has 2 aromatic rings. The third-order valence-corrected chi connectivity index (χ3v) is 4.96. The Kier molecular flexibility index (Phi) is 7.85. The van der Waals surface area contributed by atoms with Gasteiger partial charge in [-0.25, -0.2) is 4.79 Å². The summed E-state index contributed by atoms with van der Waals surface area (Å²) in [5, 5.41) is 18.5. The van der Waals surface area contributed by atoms with Gasteiger partial charge in [0.25, 0.3) is 17.5 Å². The Labute approximate surface area is 211 Å². The number of ether oxygens (including phenoxy) is 1. The van der Waals surface area contributed by atoms with Gasteiger partial charge in [-0.3, -0.25) is 34.2 Å². The summed E-state index contributed by atoms with van der Waals surface area (Å²) in [6, 6.07) is 9.88. The Balaban J connectivity index is 1.51. The molecule has 1 aliphatic rings. The number of nitro benzene ring substituents is 1. The fourth-order valence-electron chi connectivity index (χ4n) is 3.37. The summed E-state index contributed by atoms with van der Waals surface area (Å²) in [5.41, 5.74) is -0.128. The van der Waals surface area contributed by atoms with Crippen molar-refractivity contribution in [3.8, 4) is 0 Å². The van der Waals surface area contributed by atoms with Crippen LogP contribution in [0.3, 0.4) is 0 Å². The van der Waals surface area contributed by atoms with Crippen LogP contribution in [-0.2, 0) is 20.9 Å². The molecule has 3 N–H and O–H groups in total. The lowest BCUT2D eigenvalue weighted by Crippen LogP contribution is -2.40. The number of carbonyl (C=O) groups is 5. The van der Waals surface area contributed by atoms with Crippen molar-refractivity contribution in [2.45, 2.75) is 32.9 Å². The molecule has 0 aromatic heterocycles. The summed E-state index contributed by atoms with van der Waals surface area (Å²) in [6.07, 6.45) is -0.726. The predicted octanol–water partition coefficient (Wildman–Crippen LogP) is 1.97. The zero-order valence-electron chi connectivity index (χ0n) is 20.3. The van der Waals surface area contributed by atoms with E-state index < -0.39 is 46.8 Å². The Morgan fingerprint density at radius 2 is 1.68 bits per heavy atom. The molecule has 0 saturated heterocycles. The van der Waals surface area contributed by atoms with E-state index in [1.54, 1.807) is 45.0 Å². The number of fused-ring (bicyclic) bond motifs is 1. The summed E-state index contributed by atoms with van der Waals surface area (Å²) in [7, 11) is 0. The zero-order valence-corrected chi connectivity index (χ0v) is 20.3. The van der Waals surface area contributed by atoms with E-state index in [-0.39, 0.29) is 29.9 Å². The Bertz CT molecular complexity index is 1280. The maximum atomic E-state index is 12.5. The molecule has 37 heavy (non-hydrogen) atoms. The standard InChI is InChI=1S/C24H25N5O8/c1-24(2,3)37-23(34)26-12-19(30)27-15-6-4-5-14(9-15)11-25-20(31)13-28-21(32)17-8-7-16(29(35)36)10-18(17)22(28)33/h4-10H,11-13H2,1-3H3,(H,25,31)(H,26,34)(H,27,30). The van der Waals surface area contributed by atoms with E-state index in [0.29, 0.717) is 11.3 Å². The molecule has 2 aromatic carbocycles. The lowest BCUT2D eigenvalue weighted by Gasteiger charge is -2.19. The number of carbonyl (C=O) groups excluding carboxylic acids is 5. The van der Waals surface area contributed by atoms with E-state index >= 15 is 0 Å². The van der Waals surface area contributed by atoms with Gasteiger partial charge in [-0.05, 0) is 44.5 Å². The molecule has 0 radical (unpaired) electrons. The molecule has 5 amide bonds. The van der Waals surface area contributed by atoms with Crippen LogP contribution in [0, 0.1) is 10.1 Å². The van der Waals surface area contributed by atoms with Crippen LogP contribution in [0.2, 0.25) is 0 Å². The minimum absolute atomic E-state index is 0.00648. The molecular weight excluding hydrogens is 486 g/mol. The van der Waals surface area contributed by atoms with Crippen molar-refractivity contribution in [3.05, 3.63) is 69.3 Å². The minimum atomic E-state index is -0.788. The topological polar surface area (TPSA) is 177 Å². The first-order valence-electron chi connectivity index (χ1n) is 11.1. The van der Waals surface area contributed by atoms with Gasteiger partial charge in [0, 0.05) is 24.4 Å². The van der Waals surface area contributed by atoms with Gasteiger partial charge in [-0.15, -0.1) is 0 Å². The highest BCUT2D eigenvalue weighted by Gasteiger charge is 2.37. The summed E-state index contributed by atoms with van der Waals surface area (Å²) in [5.74, 6) is -2.61. The Morgan fingerprint density at radius 1 is 0.973 bits per heavy atom. The van der Waals surface area contributed by atoms with E-state index in [4.69, 9.17) is 4.74 Å². The number of nitrogens with one attached hydrogen (secondary N) is 3. The van der Waals surface area contributed by atoms with Crippen molar-refractivity contribution in [3.63, 3.8) is 0 Å². The van der Waals surface area contributed by atoms with Gasteiger partial charge >= 0.3 is 6.09 Å². The van der Waals surface area contributed by atoms with E-state index in [1.807, 2.05) is 0 Å². The molecule has 0 atom stereocenters. The van der Waals surface area contributed by atoms with Crippen molar-refractivity contribution < 1.29 is 33.6 Å². The van der Waals surface area contributed by atoms with Crippen LogP contribution in [0.1, 0.15) is 47.1 Å². The molecule has 0 spiro atoms. The first-order valence-corrected chi connectivity index (χ1v) is 11.1. The molecule has 13 nitrogen and oxygen atoms in total. The van der Waals surface area contributed by atoms with Crippen molar-refractivity contribution in [1.29, 1.82) is 0 Å². The maximum absolute atomic E-state index is 12.5. The lowest BCUT2D eigenvalue weighted by molar-refractivity contribution is -0.384. The summed E-state index contributed by atoms with van der Waals surface area (Å²) < 4.78 is 5.06. The molecule has 0 aliphatic carbocycles. The molecule has 1 aliphatic heterocycles. The highest BCUT2D eigenvalue weighted by atomic mass is 16.6. The van der Waals surface area contributed by atoms with Crippen LogP contribution in [-0.4, -0.2) is 58.2 Å². The molecule has 0 fully saturated rings. The van der Waals surface area contributed by atoms with Crippen molar-refractivity contribution >= 4 is 41.1 Å². The molecule has 1 heterocycles. The van der Waals surface area contributed by atoms with E-state index in [0.717, 1.165) is 17.0 Å². The largest absolute Gasteiger partial charge is 0.444 e. The number of hydrogen-bond acceptors (Lipinski definition) is 8. The summed E-state index contributed by atoms with van der Waals surface area (Å²) in [4.78, 5) is 72.2. The quantitative estimate of drug-likeness (QED) is 0.274. The number of alkyl carbamates (subject to hydrolysis) is 1. The third kappa shape index (κ3) is 7.10. The van der Waals surface area contributed by atoms with E-state index in [9.17, 15) is 34.1 Å². The molecular formula is C24H25N5O8. The number of amides is 5. The van der Waals surface area contributed by atoms with Gasteiger partial charge in [0.15, 0.2) is 0 Å². The SMILES string of the molecule is CC(C)(C)OC(=O)NCC(=O)Nc1cccc(CNC(=O)CN2C(=O)c3ccc([N+](=O)[O-])cc3C2=O)c1. The summed E-state index contributed by atoms with van der Waals surface area (Å²) in [6.45, 7) is 4.26. The fraction of sp³-hybridized carbons (Fsp3) is 0.292. The van der Waals surface area contributed by atoms with Crippen LogP contribution in [0.15, 0.2) is 42.5 Å². The molecule has 3 rings (SSSR count). The normalized spacial score (nSPS) is 12.6. The number of imide groups is 1. The molecule has 0 saturated carbocycles. The van der Waals surface area contributed by atoms with Crippen molar-refractivity contribution in [2.75, 3.05) is 18.4 Å². The summed E-state index contributed by atoms with van der Waals surface area (Å²) >= 11 is 0. The average molecular weight is 511 g/mol. The first-order chi connectivity index (χ1) is 17.3. The number of non-ortho nitro benzene ring substituents is 1. The van der Waals surface area contributed by atoms with Gasteiger partial charge in [0.1, 0.15) is 18.7 Å². The maximum Gasteiger partial charge on any atom is 0.408 e. The van der Waals surface area contributed by atoms with E-state index in [1.165, 1.54) is 6.07 Å². The first kappa shape index (κ1) is 26.8. The Hall–Kier alpha value is -4.81. The predicted molar refractivity (Wildman–Crippen MR) is 130 cm³/mol. The second-order valence-corrected chi connectivity index (χ2v) is 9.06. The highest BCUT2D eigenvalue weighted by Crippen LogP contribution is 2.26. The highest BCUT2D eigenvalue weighted by molar-refractivity contribution is 6.22. The molecule has 0 bridgehead atoms. The number of nitrogens with zero attached hydrogens (tertiary/aromatic N) is 2. The van der Waals surface area contributed by atoms with Crippen LogP contribution in [0.4, 0.5) is 16.2 Å². The van der Waals surface area contributed by atoms with Gasteiger partial charge in [0.2, 0.25) is 11.8 Å². The Morgan fingerprint density at radius 3 is 2.35 bits per heavy atom. The second-order valence-electron chi connectivity index (χ2n) is 9.06. The van der Waals surface area contributed by atoms with Crippen molar-refractivity contribution in [1.82, 2.24) is 15.5 Å². The van der Waals surface area contributed by atoms with Crippen LogP contribution in [0.25, 0.3) is 0 Å². The number of nitro groups is 1. The number of rotatable bonds is 8. The van der Waals surface area contributed by atoms with Gasteiger partial charge in [-0.1, -0.05) is 12.1 Å². The van der Waals surface area contributed by atoms with Crippen molar-refractivity contribution in [2.24, 2.45) is 0 Å². The van der Waals surface area contributed by atoms with Gasteiger partial charge < -0.3 is 20.7 Å². The molecule has 0 unspecified atom stereocenters. The van der Waals surface area contributed by atoms with Crippen LogP contribution >= 0.6 is 0 Å². The second kappa shape index (κ2) is 10.8. The third-order valence-electron chi connectivity index (χ3n) is 4.96. The fourth-order valence-corrected chi connectivity index (χ4v) is 3.37. The van der Waals surface area contributed by atoms with Gasteiger partial charge in [-0.2, -0.15) is 0 Å². The zero-order chi connectivity index (χ0) is 27.3. The number of anilines is 1.